The number of aliphatic carboxylic acids is 1. The van der Waals surface area contributed by atoms with Gasteiger partial charge < -0.3 is 26.4 Å². The van der Waals surface area contributed by atoms with E-state index < -0.39 is 47.9 Å². The summed E-state index contributed by atoms with van der Waals surface area (Å²) in [4.78, 5) is 52.6. The Morgan fingerprint density at radius 1 is 1.09 bits per heavy atom. The third-order valence-corrected chi connectivity index (χ3v) is 6.57. The van der Waals surface area contributed by atoms with E-state index >= 15 is 0 Å². The molecule has 0 aliphatic carbocycles. The monoisotopic (exact) mass is 488 g/mol. The summed E-state index contributed by atoms with van der Waals surface area (Å²) in [5.74, 6) is -2.35. The van der Waals surface area contributed by atoms with Crippen LogP contribution >= 0.6 is 0 Å². The highest BCUT2D eigenvalue weighted by Crippen LogP contribution is 2.20. The first kappa shape index (κ1) is 28.3. The van der Waals surface area contributed by atoms with Crippen molar-refractivity contribution in [1.29, 1.82) is 0 Å². The van der Waals surface area contributed by atoms with Crippen LogP contribution in [0.5, 0.6) is 0 Å². The van der Waals surface area contributed by atoms with Gasteiger partial charge >= 0.3 is 5.97 Å². The first-order valence-corrected chi connectivity index (χ1v) is 12.5. The molecule has 3 amide bonds. The van der Waals surface area contributed by atoms with Crippen LogP contribution in [0, 0.1) is 11.8 Å². The summed E-state index contributed by atoms with van der Waals surface area (Å²) in [5.41, 5.74) is 6.86. The number of benzene rings is 1. The van der Waals surface area contributed by atoms with Gasteiger partial charge in [-0.05, 0) is 36.7 Å². The van der Waals surface area contributed by atoms with Crippen LogP contribution in [-0.2, 0) is 25.6 Å². The van der Waals surface area contributed by atoms with Crippen molar-refractivity contribution in [3.63, 3.8) is 0 Å². The molecule has 194 valence electrons. The molecule has 9 heteroatoms. The van der Waals surface area contributed by atoms with Crippen LogP contribution in [0.15, 0.2) is 30.3 Å². The number of carboxylic acid groups (broad SMARTS) is 1. The van der Waals surface area contributed by atoms with Crippen molar-refractivity contribution in [2.24, 2.45) is 17.6 Å². The van der Waals surface area contributed by atoms with Crippen LogP contribution in [-0.4, -0.2) is 64.4 Å². The number of hydrogen-bond acceptors (Lipinski definition) is 5. The summed E-state index contributed by atoms with van der Waals surface area (Å²) in [7, 11) is 0. The van der Waals surface area contributed by atoms with Gasteiger partial charge in [0.15, 0.2) is 0 Å². The van der Waals surface area contributed by atoms with Crippen LogP contribution in [0.1, 0.15) is 58.9 Å². The number of rotatable bonds is 12. The molecule has 2 rings (SSSR count). The number of likely N-dealkylation sites (tertiary alicyclic amines) is 1. The summed E-state index contributed by atoms with van der Waals surface area (Å²) in [6.45, 7) is 8.03. The zero-order chi connectivity index (χ0) is 26.1. The molecular formula is C26H40N4O5. The van der Waals surface area contributed by atoms with Crippen molar-refractivity contribution >= 4 is 23.7 Å². The second-order valence-electron chi connectivity index (χ2n) is 9.89. The molecule has 1 heterocycles. The van der Waals surface area contributed by atoms with Crippen LogP contribution < -0.4 is 16.4 Å². The van der Waals surface area contributed by atoms with Crippen LogP contribution in [0.25, 0.3) is 0 Å². The van der Waals surface area contributed by atoms with Crippen LogP contribution in [0.2, 0.25) is 0 Å². The number of nitrogens with zero attached hydrogens (tertiary/aromatic N) is 1. The standard InChI is InChI=1S/C26H40N4O5/c1-5-17(4)22(29-23(31)19(27)14-16(2)3)24(32)28-20(15-18-10-7-6-8-11-18)25(33)30-13-9-12-21(30)26(34)35/h6-8,10-11,16-17,19-22H,5,9,12-15,27H2,1-4H3,(H,28,32)(H,29,31)(H,34,35). The molecule has 9 nitrogen and oxygen atoms in total. The molecule has 35 heavy (non-hydrogen) atoms. The topological polar surface area (TPSA) is 142 Å². The minimum absolute atomic E-state index is 0.198. The van der Waals surface area contributed by atoms with Gasteiger partial charge in [0.25, 0.3) is 0 Å². The molecule has 5 N–H and O–H groups in total. The first-order valence-electron chi connectivity index (χ1n) is 12.5. The highest BCUT2D eigenvalue weighted by atomic mass is 16.4. The molecular weight excluding hydrogens is 448 g/mol. The zero-order valence-corrected chi connectivity index (χ0v) is 21.2. The van der Waals surface area contributed by atoms with E-state index in [1.165, 1.54) is 4.90 Å². The first-order chi connectivity index (χ1) is 16.5. The summed E-state index contributed by atoms with van der Waals surface area (Å²) in [6.07, 6.45) is 2.30. The summed E-state index contributed by atoms with van der Waals surface area (Å²) in [6, 6.07) is 5.76. The Bertz CT molecular complexity index is 876. The Labute approximate surface area is 207 Å². The predicted octanol–water partition coefficient (Wildman–Crippen LogP) is 1.69. The fourth-order valence-electron chi connectivity index (χ4n) is 4.38. The van der Waals surface area contributed by atoms with E-state index in [9.17, 15) is 24.3 Å². The van der Waals surface area contributed by atoms with Gasteiger partial charge in [0, 0.05) is 13.0 Å². The van der Waals surface area contributed by atoms with E-state index in [1.807, 2.05) is 58.0 Å². The maximum Gasteiger partial charge on any atom is 0.326 e. The number of amides is 3. The number of carboxylic acids is 1. The SMILES string of the molecule is CCC(C)C(NC(=O)C(N)CC(C)C)C(=O)NC(Cc1ccccc1)C(=O)N1CCCC1C(=O)O. The van der Waals surface area contributed by atoms with Crippen molar-refractivity contribution in [2.45, 2.75) is 84.0 Å². The zero-order valence-electron chi connectivity index (χ0n) is 21.2. The lowest BCUT2D eigenvalue weighted by Crippen LogP contribution is -2.59. The molecule has 1 aromatic carbocycles. The van der Waals surface area contributed by atoms with Crippen LogP contribution in [0.4, 0.5) is 0 Å². The molecule has 1 fully saturated rings. The maximum atomic E-state index is 13.5. The smallest absolute Gasteiger partial charge is 0.326 e. The molecule has 0 saturated carbocycles. The molecule has 0 aromatic heterocycles. The summed E-state index contributed by atoms with van der Waals surface area (Å²) in [5, 5.41) is 15.2. The van der Waals surface area contributed by atoms with E-state index in [0.29, 0.717) is 32.2 Å². The summed E-state index contributed by atoms with van der Waals surface area (Å²) >= 11 is 0. The lowest BCUT2D eigenvalue weighted by atomic mass is 9.96. The van der Waals surface area contributed by atoms with Crippen molar-refractivity contribution < 1.29 is 24.3 Å². The predicted molar refractivity (Wildman–Crippen MR) is 133 cm³/mol. The maximum absolute atomic E-state index is 13.5. The second-order valence-corrected chi connectivity index (χ2v) is 9.89. The molecule has 0 radical (unpaired) electrons. The summed E-state index contributed by atoms with van der Waals surface area (Å²) < 4.78 is 0. The highest BCUT2D eigenvalue weighted by molar-refractivity contribution is 5.94. The minimum Gasteiger partial charge on any atom is -0.480 e. The van der Waals surface area contributed by atoms with Gasteiger partial charge in [-0.1, -0.05) is 64.4 Å². The Hall–Kier alpha value is -2.94. The molecule has 1 aromatic rings. The van der Waals surface area contributed by atoms with Gasteiger partial charge in [-0.25, -0.2) is 4.79 Å². The fraction of sp³-hybridized carbons (Fsp3) is 0.615. The normalized spacial score (nSPS) is 19.0. The van der Waals surface area contributed by atoms with Gasteiger partial charge in [0.1, 0.15) is 18.1 Å². The molecule has 0 spiro atoms. The molecule has 1 aliphatic rings. The molecule has 1 aliphatic heterocycles. The van der Waals surface area contributed by atoms with Crippen molar-refractivity contribution in [3.8, 4) is 0 Å². The van der Waals surface area contributed by atoms with Gasteiger partial charge in [-0.2, -0.15) is 0 Å². The van der Waals surface area contributed by atoms with Gasteiger partial charge in [0.2, 0.25) is 17.7 Å². The van der Waals surface area contributed by atoms with Crippen molar-refractivity contribution in [2.75, 3.05) is 6.54 Å². The van der Waals surface area contributed by atoms with Gasteiger partial charge in [-0.3, -0.25) is 14.4 Å². The van der Waals surface area contributed by atoms with E-state index in [1.54, 1.807) is 0 Å². The number of nitrogens with two attached hydrogens (primary N) is 1. The van der Waals surface area contributed by atoms with Crippen LogP contribution in [0.3, 0.4) is 0 Å². The molecule has 0 bridgehead atoms. The lowest BCUT2D eigenvalue weighted by Gasteiger charge is -2.30. The third-order valence-electron chi connectivity index (χ3n) is 6.57. The van der Waals surface area contributed by atoms with E-state index in [0.717, 1.165) is 5.56 Å². The van der Waals surface area contributed by atoms with E-state index in [4.69, 9.17) is 5.73 Å². The van der Waals surface area contributed by atoms with E-state index in [-0.39, 0.29) is 18.3 Å². The highest BCUT2D eigenvalue weighted by Gasteiger charge is 2.39. The van der Waals surface area contributed by atoms with E-state index in [2.05, 4.69) is 10.6 Å². The number of carbonyl (C=O) groups is 4. The minimum atomic E-state index is -1.05. The van der Waals surface area contributed by atoms with Crippen molar-refractivity contribution in [3.05, 3.63) is 35.9 Å². The number of nitrogens with one attached hydrogen (secondary N) is 2. The van der Waals surface area contributed by atoms with Gasteiger partial charge in [-0.15, -0.1) is 0 Å². The average molecular weight is 489 g/mol. The fourth-order valence-corrected chi connectivity index (χ4v) is 4.38. The second kappa shape index (κ2) is 13.2. The largest absolute Gasteiger partial charge is 0.480 e. The molecule has 1 saturated heterocycles. The Balaban J connectivity index is 2.25. The lowest BCUT2D eigenvalue weighted by molar-refractivity contribution is -0.149. The van der Waals surface area contributed by atoms with Crippen molar-refractivity contribution in [1.82, 2.24) is 15.5 Å². The number of hydrogen-bond donors (Lipinski definition) is 4. The Morgan fingerprint density at radius 3 is 2.31 bits per heavy atom. The molecule has 5 unspecified atom stereocenters. The Kier molecular flexibility index (Phi) is 10.7. The Morgan fingerprint density at radius 2 is 1.74 bits per heavy atom. The number of carbonyl (C=O) groups excluding carboxylic acids is 3. The quantitative estimate of drug-likeness (QED) is 0.353. The molecule has 5 atom stereocenters. The third kappa shape index (κ3) is 8.06. The van der Waals surface area contributed by atoms with Gasteiger partial charge in [0.05, 0.1) is 6.04 Å². The average Bonchev–Trinajstić information content (AvgIpc) is 3.31.